The topological polar surface area (TPSA) is 107 Å². The lowest BCUT2D eigenvalue weighted by Gasteiger charge is -2.09. The van der Waals surface area contributed by atoms with Crippen molar-refractivity contribution in [2.24, 2.45) is 5.14 Å². The SMILES string of the molecule is COc1ccc(-c2cc(-c3cccc(O)c3)nn2-c2ccc(S(N)(=O)=O)cc2)cc1. The molecule has 0 amide bonds. The third-order valence-corrected chi connectivity index (χ3v) is 5.58. The zero-order chi connectivity index (χ0) is 21.3. The van der Waals surface area contributed by atoms with E-state index in [4.69, 9.17) is 15.0 Å². The van der Waals surface area contributed by atoms with Gasteiger partial charge in [0.2, 0.25) is 10.0 Å². The summed E-state index contributed by atoms with van der Waals surface area (Å²) < 4.78 is 30.1. The largest absolute Gasteiger partial charge is 0.508 e. The van der Waals surface area contributed by atoms with E-state index < -0.39 is 10.0 Å². The van der Waals surface area contributed by atoms with Crippen molar-refractivity contribution in [2.75, 3.05) is 7.11 Å². The molecule has 0 spiro atoms. The smallest absolute Gasteiger partial charge is 0.238 e. The Morgan fingerprint density at radius 1 is 0.933 bits per heavy atom. The molecule has 4 aromatic rings. The highest BCUT2D eigenvalue weighted by Gasteiger charge is 2.15. The molecule has 1 aromatic heterocycles. The van der Waals surface area contributed by atoms with Gasteiger partial charge in [0, 0.05) is 11.1 Å². The Morgan fingerprint density at radius 2 is 1.63 bits per heavy atom. The third-order valence-electron chi connectivity index (χ3n) is 4.65. The van der Waals surface area contributed by atoms with Crippen LogP contribution in [-0.4, -0.2) is 30.4 Å². The van der Waals surface area contributed by atoms with Gasteiger partial charge < -0.3 is 9.84 Å². The molecular formula is C22H19N3O4S. The fourth-order valence-electron chi connectivity index (χ4n) is 3.13. The third kappa shape index (κ3) is 3.91. The Hall–Kier alpha value is -3.62. The molecule has 0 radical (unpaired) electrons. The Balaban J connectivity index is 1.86. The van der Waals surface area contributed by atoms with Crippen molar-refractivity contribution >= 4 is 10.0 Å². The van der Waals surface area contributed by atoms with Gasteiger partial charge in [0.15, 0.2) is 0 Å². The summed E-state index contributed by atoms with van der Waals surface area (Å²) in [6, 6.07) is 22.4. The van der Waals surface area contributed by atoms with Crippen LogP contribution in [0, 0.1) is 0 Å². The Kier molecular flexibility index (Phi) is 5.03. The minimum absolute atomic E-state index is 0.0256. The maximum atomic E-state index is 11.6. The molecule has 0 saturated heterocycles. The number of benzene rings is 3. The first-order valence-corrected chi connectivity index (χ1v) is 10.6. The normalized spacial score (nSPS) is 11.4. The summed E-state index contributed by atoms with van der Waals surface area (Å²) in [6.45, 7) is 0. The molecule has 0 aliphatic heterocycles. The molecule has 3 aromatic carbocycles. The molecule has 30 heavy (non-hydrogen) atoms. The highest BCUT2D eigenvalue weighted by Crippen LogP contribution is 2.31. The first-order chi connectivity index (χ1) is 14.3. The molecule has 3 N–H and O–H groups in total. The number of ether oxygens (including phenoxy) is 1. The number of hydrogen-bond donors (Lipinski definition) is 2. The number of rotatable bonds is 5. The number of phenols is 1. The van der Waals surface area contributed by atoms with Crippen molar-refractivity contribution in [2.45, 2.75) is 4.90 Å². The second-order valence-electron chi connectivity index (χ2n) is 6.64. The highest BCUT2D eigenvalue weighted by molar-refractivity contribution is 7.89. The molecule has 0 bridgehead atoms. The molecule has 7 nitrogen and oxygen atoms in total. The number of aromatic nitrogens is 2. The van der Waals surface area contributed by atoms with Crippen LogP contribution in [-0.2, 0) is 10.0 Å². The fraction of sp³-hybridized carbons (Fsp3) is 0.0455. The minimum Gasteiger partial charge on any atom is -0.508 e. The monoisotopic (exact) mass is 421 g/mol. The summed E-state index contributed by atoms with van der Waals surface area (Å²) in [4.78, 5) is 0.0256. The summed E-state index contributed by atoms with van der Waals surface area (Å²) in [7, 11) is -2.18. The molecule has 0 aliphatic carbocycles. The number of phenolic OH excluding ortho intramolecular Hbond substituents is 1. The Morgan fingerprint density at radius 3 is 2.23 bits per heavy atom. The number of sulfonamides is 1. The Labute approximate surface area is 174 Å². The molecular weight excluding hydrogens is 402 g/mol. The van der Waals surface area contributed by atoms with Gasteiger partial charge in [-0.05, 0) is 66.7 Å². The molecule has 1 heterocycles. The summed E-state index contributed by atoms with van der Waals surface area (Å²) in [6.07, 6.45) is 0. The first-order valence-electron chi connectivity index (χ1n) is 9.02. The molecule has 152 valence electrons. The predicted molar refractivity (Wildman–Crippen MR) is 114 cm³/mol. The average Bonchev–Trinajstić information content (AvgIpc) is 3.19. The van der Waals surface area contributed by atoms with Crippen LogP contribution in [0.4, 0.5) is 0 Å². The molecule has 0 fully saturated rings. The lowest BCUT2D eigenvalue weighted by Crippen LogP contribution is -2.12. The van der Waals surface area contributed by atoms with Gasteiger partial charge in [-0.15, -0.1) is 0 Å². The van der Waals surface area contributed by atoms with E-state index in [1.807, 2.05) is 36.4 Å². The summed E-state index contributed by atoms with van der Waals surface area (Å²) in [5, 5.41) is 19.7. The Bertz CT molecular complexity index is 1300. The van der Waals surface area contributed by atoms with Gasteiger partial charge in [0.25, 0.3) is 0 Å². The summed E-state index contributed by atoms with van der Waals surface area (Å²) >= 11 is 0. The number of hydrogen-bond acceptors (Lipinski definition) is 5. The lowest BCUT2D eigenvalue weighted by molar-refractivity contribution is 0.415. The van der Waals surface area contributed by atoms with E-state index in [9.17, 15) is 13.5 Å². The quantitative estimate of drug-likeness (QED) is 0.512. The van der Waals surface area contributed by atoms with Crippen LogP contribution in [0.1, 0.15) is 0 Å². The number of aromatic hydroxyl groups is 1. The van der Waals surface area contributed by atoms with E-state index in [2.05, 4.69) is 0 Å². The van der Waals surface area contributed by atoms with Gasteiger partial charge in [-0.25, -0.2) is 18.2 Å². The van der Waals surface area contributed by atoms with Crippen LogP contribution >= 0.6 is 0 Å². The van der Waals surface area contributed by atoms with Crippen LogP contribution in [0.25, 0.3) is 28.2 Å². The van der Waals surface area contributed by atoms with Crippen LogP contribution in [0.2, 0.25) is 0 Å². The molecule has 0 aliphatic rings. The molecule has 0 atom stereocenters. The van der Waals surface area contributed by atoms with Gasteiger partial charge in [-0.2, -0.15) is 5.10 Å². The zero-order valence-electron chi connectivity index (χ0n) is 16.1. The van der Waals surface area contributed by atoms with Crippen molar-refractivity contribution in [3.63, 3.8) is 0 Å². The van der Waals surface area contributed by atoms with Crippen LogP contribution in [0.3, 0.4) is 0 Å². The van der Waals surface area contributed by atoms with E-state index in [1.165, 1.54) is 12.1 Å². The van der Waals surface area contributed by atoms with Gasteiger partial charge in [-0.3, -0.25) is 0 Å². The second kappa shape index (κ2) is 7.66. The van der Waals surface area contributed by atoms with Crippen molar-refractivity contribution in [1.29, 1.82) is 0 Å². The van der Waals surface area contributed by atoms with Gasteiger partial charge >= 0.3 is 0 Å². The van der Waals surface area contributed by atoms with Gasteiger partial charge in [0.05, 0.1) is 29.1 Å². The lowest BCUT2D eigenvalue weighted by atomic mass is 10.1. The van der Waals surface area contributed by atoms with E-state index >= 15 is 0 Å². The van der Waals surface area contributed by atoms with Crippen LogP contribution in [0.5, 0.6) is 11.5 Å². The highest BCUT2D eigenvalue weighted by atomic mass is 32.2. The molecule has 0 saturated carbocycles. The number of nitrogens with two attached hydrogens (primary N) is 1. The molecule has 4 rings (SSSR count). The number of primary sulfonamides is 1. The van der Waals surface area contributed by atoms with E-state index in [0.717, 1.165) is 22.6 Å². The van der Waals surface area contributed by atoms with Crippen LogP contribution < -0.4 is 9.88 Å². The minimum atomic E-state index is -3.79. The van der Waals surface area contributed by atoms with Crippen molar-refractivity contribution in [3.05, 3.63) is 78.9 Å². The molecule has 0 unspecified atom stereocenters. The average molecular weight is 421 g/mol. The second-order valence-corrected chi connectivity index (χ2v) is 8.21. The molecule has 8 heteroatoms. The first kappa shape index (κ1) is 19.7. The fourth-order valence-corrected chi connectivity index (χ4v) is 3.64. The van der Waals surface area contributed by atoms with Crippen molar-refractivity contribution in [1.82, 2.24) is 9.78 Å². The predicted octanol–water partition coefficient (Wildman–Crippen LogP) is 3.57. The van der Waals surface area contributed by atoms with E-state index in [-0.39, 0.29) is 10.6 Å². The van der Waals surface area contributed by atoms with Crippen LogP contribution in [0.15, 0.2) is 83.8 Å². The van der Waals surface area contributed by atoms with Crippen molar-refractivity contribution < 1.29 is 18.3 Å². The van der Waals surface area contributed by atoms with Gasteiger partial charge in [-0.1, -0.05) is 12.1 Å². The number of nitrogens with zero attached hydrogens (tertiary/aromatic N) is 2. The standard InChI is InChI=1S/C22H19N3O4S/c1-29-19-9-5-15(6-10-19)22-14-21(16-3-2-4-18(26)13-16)24-25(22)17-7-11-20(12-8-17)30(23,27)28/h2-14,26H,1H3,(H2,23,27,28). The zero-order valence-corrected chi connectivity index (χ0v) is 16.9. The summed E-state index contributed by atoms with van der Waals surface area (Å²) in [5.41, 5.74) is 3.76. The maximum absolute atomic E-state index is 11.6. The van der Waals surface area contributed by atoms with Crippen molar-refractivity contribution in [3.8, 4) is 39.7 Å². The summed E-state index contributed by atoms with van der Waals surface area (Å²) in [5.74, 6) is 0.876. The van der Waals surface area contributed by atoms with Gasteiger partial charge in [0.1, 0.15) is 11.5 Å². The van der Waals surface area contributed by atoms with E-state index in [1.54, 1.807) is 42.1 Å². The maximum Gasteiger partial charge on any atom is 0.238 e. The van der Waals surface area contributed by atoms with E-state index in [0.29, 0.717) is 11.4 Å². The number of methoxy groups -OCH3 is 1.